The highest BCUT2D eigenvalue weighted by Gasteiger charge is 2.30. The Morgan fingerprint density at radius 1 is 0.970 bits per heavy atom. The van der Waals surface area contributed by atoms with Crippen LogP contribution < -0.4 is 10.6 Å². The number of amides is 1. The molecule has 0 aliphatic carbocycles. The van der Waals surface area contributed by atoms with E-state index in [-0.39, 0.29) is 5.91 Å². The van der Waals surface area contributed by atoms with Crippen LogP contribution in [0.4, 0.5) is 17.6 Å². The van der Waals surface area contributed by atoms with E-state index in [1.807, 2.05) is 37.3 Å². The van der Waals surface area contributed by atoms with Gasteiger partial charge in [-0.25, -0.2) is 4.39 Å². The molecule has 2 atom stereocenters. The summed E-state index contributed by atoms with van der Waals surface area (Å²) < 4.78 is 53.4. The van der Waals surface area contributed by atoms with E-state index in [0.29, 0.717) is 24.0 Å². The maximum Gasteiger partial charge on any atom is 0.416 e. The lowest BCUT2D eigenvalue weighted by Gasteiger charge is -2.26. The van der Waals surface area contributed by atoms with Crippen molar-refractivity contribution in [3.05, 3.63) is 106 Å². The highest BCUT2D eigenvalue weighted by atomic mass is 19.4. The van der Waals surface area contributed by atoms with Crippen molar-refractivity contribution in [1.82, 2.24) is 10.6 Å². The molecule has 3 nitrogen and oxygen atoms in total. The van der Waals surface area contributed by atoms with Crippen molar-refractivity contribution in [2.75, 3.05) is 7.05 Å². The number of aryl methyl sites for hydroxylation is 2. The van der Waals surface area contributed by atoms with Gasteiger partial charge in [-0.3, -0.25) is 10.1 Å². The first kappa shape index (κ1) is 24.5. The van der Waals surface area contributed by atoms with Gasteiger partial charge in [0.25, 0.3) is 0 Å². The van der Waals surface area contributed by atoms with Gasteiger partial charge in [0.15, 0.2) is 0 Å². The number of benzene rings is 3. The second-order valence-electron chi connectivity index (χ2n) is 7.94. The van der Waals surface area contributed by atoms with Gasteiger partial charge in [0.1, 0.15) is 11.9 Å². The number of hydrogen-bond acceptors (Lipinski definition) is 2. The van der Waals surface area contributed by atoms with Gasteiger partial charge in [0, 0.05) is 18.7 Å². The van der Waals surface area contributed by atoms with Crippen molar-refractivity contribution in [2.24, 2.45) is 0 Å². The third-order valence-corrected chi connectivity index (χ3v) is 5.54. The molecule has 3 aromatic rings. The zero-order chi connectivity index (χ0) is 24.0. The number of rotatable bonds is 8. The topological polar surface area (TPSA) is 41.1 Å². The third kappa shape index (κ3) is 6.42. The van der Waals surface area contributed by atoms with Crippen molar-refractivity contribution < 1.29 is 22.4 Å². The van der Waals surface area contributed by atoms with Crippen molar-refractivity contribution in [1.29, 1.82) is 0 Å². The summed E-state index contributed by atoms with van der Waals surface area (Å²) in [7, 11) is 1.53. The molecule has 0 aromatic heterocycles. The molecule has 33 heavy (non-hydrogen) atoms. The molecule has 1 unspecified atom stereocenters. The van der Waals surface area contributed by atoms with Crippen LogP contribution >= 0.6 is 0 Å². The summed E-state index contributed by atoms with van der Waals surface area (Å²) >= 11 is 0. The van der Waals surface area contributed by atoms with E-state index in [1.165, 1.54) is 25.2 Å². The minimum atomic E-state index is -4.40. The normalized spacial score (nSPS) is 13.4. The van der Waals surface area contributed by atoms with Crippen molar-refractivity contribution >= 4 is 5.91 Å². The smallest absolute Gasteiger partial charge is 0.358 e. The number of likely N-dealkylation sites (N-methyl/N-ethyl adjacent to an activating group) is 1. The molecule has 0 radical (unpaired) electrons. The largest absolute Gasteiger partial charge is 0.416 e. The fourth-order valence-corrected chi connectivity index (χ4v) is 3.74. The molecule has 3 rings (SSSR count). The van der Waals surface area contributed by atoms with Crippen LogP contribution in [0.5, 0.6) is 0 Å². The molecule has 0 saturated heterocycles. The minimum absolute atomic E-state index is 0.270. The first-order valence-corrected chi connectivity index (χ1v) is 10.6. The van der Waals surface area contributed by atoms with Gasteiger partial charge < -0.3 is 5.32 Å². The van der Waals surface area contributed by atoms with Crippen molar-refractivity contribution in [2.45, 2.75) is 38.0 Å². The van der Waals surface area contributed by atoms with Gasteiger partial charge in [-0.2, -0.15) is 13.2 Å². The Bertz CT molecular complexity index is 1070. The van der Waals surface area contributed by atoms with Crippen LogP contribution in [-0.4, -0.2) is 13.0 Å². The van der Waals surface area contributed by atoms with Crippen LogP contribution in [0, 0.1) is 12.7 Å². The van der Waals surface area contributed by atoms with Crippen LogP contribution in [-0.2, 0) is 17.4 Å². The summed E-state index contributed by atoms with van der Waals surface area (Å²) in [6, 6.07) is 17.5. The van der Waals surface area contributed by atoms with Gasteiger partial charge in [0.2, 0.25) is 5.91 Å². The van der Waals surface area contributed by atoms with E-state index in [1.54, 1.807) is 12.1 Å². The summed E-state index contributed by atoms with van der Waals surface area (Å²) in [5, 5.41) is 5.92. The molecular weight excluding hydrogens is 432 g/mol. The summed E-state index contributed by atoms with van der Waals surface area (Å²) in [4.78, 5) is 12.7. The molecule has 0 aliphatic heterocycles. The number of nitrogens with one attached hydrogen (secondary N) is 2. The van der Waals surface area contributed by atoms with Gasteiger partial charge in [-0.15, -0.1) is 0 Å². The Morgan fingerprint density at radius 3 is 2.24 bits per heavy atom. The molecule has 0 bridgehead atoms. The zero-order valence-corrected chi connectivity index (χ0v) is 18.4. The van der Waals surface area contributed by atoms with E-state index in [9.17, 15) is 22.4 Å². The molecule has 0 saturated carbocycles. The predicted molar refractivity (Wildman–Crippen MR) is 120 cm³/mol. The van der Waals surface area contributed by atoms with Crippen molar-refractivity contribution in [3.8, 4) is 0 Å². The molecule has 2 N–H and O–H groups in total. The Balaban J connectivity index is 1.89. The van der Waals surface area contributed by atoms with Gasteiger partial charge in [-0.05, 0) is 49.1 Å². The van der Waals surface area contributed by atoms with Crippen LogP contribution in [0.2, 0.25) is 0 Å². The van der Waals surface area contributed by atoms with E-state index >= 15 is 0 Å². The van der Waals surface area contributed by atoms with E-state index in [0.717, 1.165) is 23.3 Å². The zero-order valence-electron chi connectivity index (χ0n) is 18.4. The molecule has 0 fully saturated rings. The quantitative estimate of drug-likeness (QED) is 0.413. The number of carbonyl (C=O) groups excluding carboxylic acids is 1. The molecule has 0 aliphatic rings. The predicted octanol–water partition coefficient (Wildman–Crippen LogP) is 5.90. The standard InChI is InChI=1S/C26H26F4N2O/c1-17-8-14-22(27)21(16-17)23(15-11-18-9-12-20(13-10-18)26(28,29)30)32-24(25(33)31-2)19-6-4-3-5-7-19/h3-10,12-14,16,23-24,32H,11,15H2,1-2H3,(H,31,33)/t23-,24?/m1/s1. The Labute approximate surface area is 190 Å². The summed E-state index contributed by atoms with van der Waals surface area (Å²) in [5.74, 6) is -0.678. The average molecular weight is 458 g/mol. The molecular formula is C26H26F4N2O. The SMILES string of the molecule is CNC(=O)C(N[C@H](CCc1ccc(C(F)(F)F)cc1)c1cc(C)ccc1F)c1ccccc1. The second kappa shape index (κ2) is 10.6. The Hall–Kier alpha value is -3.19. The maximum atomic E-state index is 14.8. The van der Waals surface area contributed by atoms with E-state index in [4.69, 9.17) is 0 Å². The molecule has 1 amide bonds. The highest BCUT2D eigenvalue weighted by molar-refractivity contribution is 5.83. The summed E-state index contributed by atoms with van der Waals surface area (Å²) in [6.07, 6.45) is -3.62. The molecule has 7 heteroatoms. The number of alkyl halides is 3. The van der Waals surface area contributed by atoms with Gasteiger partial charge >= 0.3 is 6.18 Å². The van der Waals surface area contributed by atoms with E-state index in [2.05, 4.69) is 10.6 Å². The first-order chi connectivity index (χ1) is 15.7. The molecule has 3 aromatic carbocycles. The lowest BCUT2D eigenvalue weighted by molar-refractivity contribution is -0.137. The van der Waals surface area contributed by atoms with Crippen LogP contribution in [0.15, 0.2) is 72.8 Å². The Morgan fingerprint density at radius 2 is 1.64 bits per heavy atom. The fourth-order valence-electron chi connectivity index (χ4n) is 3.74. The Kier molecular flexibility index (Phi) is 7.87. The van der Waals surface area contributed by atoms with Crippen LogP contribution in [0.25, 0.3) is 0 Å². The number of carbonyl (C=O) groups is 1. The number of hydrogen-bond donors (Lipinski definition) is 2. The highest BCUT2D eigenvalue weighted by Crippen LogP contribution is 2.30. The summed E-state index contributed by atoms with van der Waals surface area (Å²) in [6.45, 7) is 1.85. The lowest BCUT2D eigenvalue weighted by Crippen LogP contribution is -2.38. The second-order valence-corrected chi connectivity index (χ2v) is 7.94. The van der Waals surface area contributed by atoms with Gasteiger partial charge in [0.05, 0.1) is 5.56 Å². The van der Waals surface area contributed by atoms with Crippen LogP contribution in [0.1, 0.15) is 46.3 Å². The fraction of sp³-hybridized carbons (Fsp3) is 0.269. The van der Waals surface area contributed by atoms with E-state index < -0.39 is 29.6 Å². The average Bonchev–Trinajstić information content (AvgIpc) is 2.81. The third-order valence-electron chi connectivity index (χ3n) is 5.54. The molecule has 174 valence electrons. The molecule has 0 heterocycles. The summed E-state index contributed by atoms with van der Waals surface area (Å²) in [5.41, 5.74) is 1.98. The maximum absolute atomic E-state index is 14.8. The molecule has 0 spiro atoms. The minimum Gasteiger partial charge on any atom is -0.358 e. The van der Waals surface area contributed by atoms with Gasteiger partial charge in [-0.1, -0.05) is 60.2 Å². The van der Waals surface area contributed by atoms with Crippen LogP contribution in [0.3, 0.4) is 0 Å². The first-order valence-electron chi connectivity index (χ1n) is 10.6. The monoisotopic (exact) mass is 458 g/mol. The number of halogens is 4. The lowest BCUT2D eigenvalue weighted by atomic mass is 9.94. The van der Waals surface area contributed by atoms with Crippen molar-refractivity contribution in [3.63, 3.8) is 0 Å².